The Balaban J connectivity index is 1.35. The van der Waals surface area contributed by atoms with Crippen LogP contribution in [0, 0.1) is 12.8 Å². The second kappa shape index (κ2) is 9.48. The number of nitrogens with one attached hydrogen (secondary N) is 1. The number of carbonyl (C=O) groups excluding carboxylic acids is 1. The molecule has 2 fully saturated rings. The molecule has 0 radical (unpaired) electrons. The van der Waals surface area contributed by atoms with Gasteiger partial charge in [-0.1, -0.05) is 17.3 Å². The van der Waals surface area contributed by atoms with Crippen molar-refractivity contribution in [2.24, 2.45) is 5.92 Å². The summed E-state index contributed by atoms with van der Waals surface area (Å²) in [5, 5.41) is 7.62. The lowest BCUT2D eigenvalue weighted by Crippen LogP contribution is -2.45. The predicted octanol–water partition coefficient (Wildman–Crippen LogP) is 3.34. The molecular formula is C23H27N7O2S. The lowest BCUT2D eigenvalue weighted by Gasteiger charge is -2.32. The van der Waals surface area contributed by atoms with Crippen LogP contribution in [0.5, 0.6) is 0 Å². The first-order valence-corrected chi connectivity index (χ1v) is 12.0. The van der Waals surface area contributed by atoms with Crippen LogP contribution in [-0.4, -0.2) is 64.0 Å². The Morgan fingerprint density at radius 1 is 1.12 bits per heavy atom. The fraction of sp³-hybridized carbons (Fsp3) is 0.435. The number of aromatic nitrogens is 4. The van der Waals surface area contributed by atoms with Crippen molar-refractivity contribution < 1.29 is 9.32 Å². The monoisotopic (exact) mass is 465 g/mol. The third-order valence-corrected chi connectivity index (χ3v) is 6.67. The standard InChI is InChI=1S/C23H27N7O2S/c1-15-13-20(32-28-15)24-21-25-22(30-11-9-29(2)10-12-30)27-23(26-21)33-18-7-3-16(4-8-18)14-19(31)17-5-6-17/h3-4,7-8,13,17H,5-6,9-12,14H2,1-2H3,(H,24,25,26,27). The second-order valence-corrected chi connectivity index (χ2v) is 9.69. The molecule has 1 aliphatic heterocycles. The summed E-state index contributed by atoms with van der Waals surface area (Å²) in [5.41, 5.74) is 1.83. The summed E-state index contributed by atoms with van der Waals surface area (Å²) in [7, 11) is 2.12. The van der Waals surface area contributed by atoms with Crippen LogP contribution in [0.25, 0.3) is 0 Å². The normalized spacial score (nSPS) is 16.7. The van der Waals surface area contributed by atoms with Crippen LogP contribution in [0.15, 0.2) is 44.9 Å². The molecule has 0 bridgehead atoms. The van der Waals surface area contributed by atoms with Crippen LogP contribution in [0.1, 0.15) is 24.1 Å². The summed E-state index contributed by atoms with van der Waals surface area (Å²) in [6.45, 7) is 5.49. The SMILES string of the molecule is Cc1cc(Nc2nc(Sc3ccc(CC(=O)C4CC4)cc3)nc(N3CCN(C)CC3)n2)on1. The summed E-state index contributed by atoms with van der Waals surface area (Å²) < 4.78 is 5.28. The fourth-order valence-corrected chi connectivity index (χ4v) is 4.40. The average molecular weight is 466 g/mol. The molecular weight excluding hydrogens is 438 g/mol. The van der Waals surface area contributed by atoms with E-state index < -0.39 is 0 Å². The largest absolute Gasteiger partial charge is 0.338 e. The predicted molar refractivity (Wildman–Crippen MR) is 126 cm³/mol. The lowest BCUT2D eigenvalue weighted by atomic mass is 10.1. The molecule has 9 nitrogen and oxygen atoms in total. The molecule has 0 unspecified atom stereocenters. The van der Waals surface area contributed by atoms with Crippen molar-refractivity contribution in [2.75, 3.05) is 43.4 Å². The highest BCUT2D eigenvalue weighted by atomic mass is 32.2. The zero-order valence-corrected chi connectivity index (χ0v) is 19.6. The number of nitrogens with zero attached hydrogens (tertiary/aromatic N) is 6. The Kier molecular flexibility index (Phi) is 6.28. The van der Waals surface area contributed by atoms with Gasteiger partial charge in [-0.15, -0.1) is 0 Å². The zero-order chi connectivity index (χ0) is 22.8. The Morgan fingerprint density at radius 3 is 2.55 bits per heavy atom. The van der Waals surface area contributed by atoms with Crippen molar-refractivity contribution in [1.82, 2.24) is 25.0 Å². The molecule has 1 saturated carbocycles. The molecule has 33 heavy (non-hydrogen) atoms. The van der Waals surface area contributed by atoms with Gasteiger partial charge in [0.25, 0.3) is 0 Å². The number of rotatable bonds is 8. The number of ketones is 1. The number of carbonyl (C=O) groups is 1. The first-order valence-electron chi connectivity index (χ1n) is 11.2. The quantitative estimate of drug-likeness (QED) is 0.533. The number of likely N-dealkylation sites (N-methyl/N-ethyl adjacent to an activating group) is 1. The van der Waals surface area contributed by atoms with Gasteiger partial charge in [0, 0.05) is 49.5 Å². The van der Waals surface area contributed by atoms with Crippen LogP contribution in [0.2, 0.25) is 0 Å². The van der Waals surface area contributed by atoms with Gasteiger partial charge in [-0.2, -0.15) is 15.0 Å². The Hall–Kier alpha value is -2.98. The van der Waals surface area contributed by atoms with Gasteiger partial charge in [0.2, 0.25) is 17.8 Å². The van der Waals surface area contributed by atoms with Crippen molar-refractivity contribution >= 4 is 35.3 Å². The van der Waals surface area contributed by atoms with Crippen LogP contribution >= 0.6 is 11.8 Å². The molecule has 1 aliphatic carbocycles. The molecule has 3 aromatic rings. The molecule has 0 amide bonds. The topological polar surface area (TPSA) is 100 Å². The van der Waals surface area contributed by atoms with Gasteiger partial charge >= 0.3 is 0 Å². The minimum atomic E-state index is 0.288. The van der Waals surface area contributed by atoms with Gasteiger partial charge in [-0.3, -0.25) is 10.1 Å². The van der Waals surface area contributed by atoms with Crippen molar-refractivity contribution in [3.05, 3.63) is 41.6 Å². The van der Waals surface area contributed by atoms with Gasteiger partial charge in [-0.25, -0.2) is 0 Å². The van der Waals surface area contributed by atoms with Crippen molar-refractivity contribution in [1.29, 1.82) is 0 Å². The van der Waals surface area contributed by atoms with E-state index in [1.807, 2.05) is 31.2 Å². The smallest absolute Gasteiger partial charge is 0.235 e. The van der Waals surface area contributed by atoms with E-state index in [0.29, 0.717) is 35.1 Å². The zero-order valence-electron chi connectivity index (χ0n) is 18.8. The number of hydrogen-bond donors (Lipinski definition) is 1. The summed E-state index contributed by atoms with van der Waals surface area (Å²) in [4.78, 5) is 31.5. The van der Waals surface area contributed by atoms with Crippen LogP contribution in [-0.2, 0) is 11.2 Å². The first kappa shape index (κ1) is 21.8. The molecule has 1 saturated heterocycles. The Bertz CT molecular complexity index is 1120. The average Bonchev–Trinajstić information content (AvgIpc) is 3.58. The summed E-state index contributed by atoms with van der Waals surface area (Å²) in [6, 6.07) is 9.87. The van der Waals surface area contributed by atoms with Crippen molar-refractivity contribution in [3.8, 4) is 0 Å². The Labute approximate surface area is 197 Å². The van der Waals surface area contributed by atoms with E-state index in [-0.39, 0.29) is 5.92 Å². The van der Waals surface area contributed by atoms with E-state index in [1.165, 1.54) is 11.8 Å². The molecule has 1 N–H and O–H groups in total. The molecule has 5 rings (SSSR count). The lowest BCUT2D eigenvalue weighted by molar-refractivity contribution is -0.119. The van der Waals surface area contributed by atoms with Gasteiger partial charge in [0.15, 0.2) is 5.16 Å². The van der Waals surface area contributed by atoms with Gasteiger partial charge in [0.05, 0.1) is 5.69 Å². The maximum absolute atomic E-state index is 12.1. The van der Waals surface area contributed by atoms with Gasteiger partial charge in [0.1, 0.15) is 5.78 Å². The Morgan fingerprint density at radius 2 is 1.88 bits per heavy atom. The van der Waals surface area contributed by atoms with E-state index in [0.717, 1.165) is 55.2 Å². The van der Waals surface area contributed by atoms with Crippen LogP contribution in [0.4, 0.5) is 17.8 Å². The number of Topliss-reactive ketones (excluding diaryl/α,β-unsaturated/α-hetero) is 1. The van der Waals surface area contributed by atoms with Crippen molar-refractivity contribution in [2.45, 2.75) is 36.2 Å². The summed E-state index contributed by atoms with van der Waals surface area (Å²) in [5.74, 6) is 2.19. The third-order valence-electron chi connectivity index (χ3n) is 5.80. The molecule has 2 aliphatic rings. The van der Waals surface area contributed by atoms with E-state index >= 15 is 0 Å². The minimum Gasteiger partial charge on any atom is -0.338 e. The molecule has 10 heteroatoms. The molecule has 2 aromatic heterocycles. The highest BCUT2D eigenvalue weighted by Crippen LogP contribution is 2.32. The maximum atomic E-state index is 12.1. The summed E-state index contributed by atoms with van der Waals surface area (Å²) >= 11 is 1.47. The van der Waals surface area contributed by atoms with E-state index in [9.17, 15) is 4.79 Å². The van der Waals surface area contributed by atoms with E-state index in [4.69, 9.17) is 9.51 Å². The number of piperazine rings is 1. The number of hydrogen-bond acceptors (Lipinski definition) is 10. The third kappa shape index (κ3) is 5.69. The molecule has 0 spiro atoms. The maximum Gasteiger partial charge on any atom is 0.235 e. The second-order valence-electron chi connectivity index (χ2n) is 8.65. The fourth-order valence-electron chi connectivity index (χ4n) is 3.66. The van der Waals surface area contributed by atoms with Crippen LogP contribution in [0.3, 0.4) is 0 Å². The van der Waals surface area contributed by atoms with Gasteiger partial charge < -0.3 is 14.3 Å². The number of benzene rings is 1. The van der Waals surface area contributed by atoms with Crippen LogP contribution < -0.4 is 10.2 Å². The van der Waals surface area contributed by atoms with E-state index in [1.54, 1.807) is 6.07 Å². The molecule has 3 heterocycles. The van der Waals surface area contributed by atoms with Gasteiger partial charge in [-0.05, 0) is 56.3 Å². The molecule has 172 valence electrons. The van der Waals surface area contributed by atoms with E-state index in [2.05, 4.69) is 37.3 Å². The summed E-state index contributed by atoms with van der Waals surface area (Å²) in [6.07, 6.45) is 2.61. The number of anilines is 3. The highest BCUT2D eigenvalue weighted by Gasteiger charge is 2.29. The molecule has 1 aromatic carbocycles. The number of aryl methyl sites for hydroxylation is 1. The van der Waals surface area contributed by atoms with Crippen molar-refractivity contribution in [3.63, 3.8) is 0 Å². The first-order chi connectivity index (χ1) is 16.0. The minimum absolute atomic E-state index is 0.288. The molecule has 0 atom stereocenters. The highest BCUT2D eigenvalue weighted by molar-refractivity contribution is 7.99.